The van der Waals surface area contributed by atoms with E-state index in [9.17, 15) is 4.79 Å². The Morgan fingerprint density at radius 3 is 2.22 bits per heavy atom. The lowest BCUT2D eigenvalue weighted by atomic mass is 10.0. The summed E-state index contributed by atoms with van der Waals surface area (Å²) in [6.45, 7) is 4.11. The van der Waals surface area contributed by atoms with E-state index < -0.39 is 0 Å². The lowest BCUT2D eigenvalue weighted by Gasteiger charge is -2.00. The maximum absolute atomic E-state index is 11.8. The molecule has 0 bridgehead atoms. The fourth-order valence-electron chi connectivity index (χ4n) is 2.15. The number of ketones is 1. The maximum atomic E-state index is 11.8. The number of furan rings is 1. The van der Waals surface area contributed by atoms with Crippen molar-refractivity contribution in [1.82, 2.24) is 0 Å². The van der Waals surface area contributed by atoms with Crippen LogP contribution in [0.2, 0.25) is 0 Å². The summed E-state index contributed by atoms with van der Waals surface area (Å²) < 4.78 is 5.15. The molecule has 0 saturated heterocycles. The van der Waals surface area contributed by atoms with Gasteiger partial charge in [0.2, 0.25) is 0 Å². The molecule has 0 radical (unpaired) electrons. The molecule has 102 valence electrons. The van der Waals surface area contributed by atoms with E-state index in [1.807, 2.05) is 13.0 Å². The topological polar surface area (TPSA) is 30.2 Å². The highest BCUT2D eigenvalue weighted by Crippen LogP contribution is 2.13. The molecule has 1 aromatic rings. The molecule has 0 aliphatic heterocycles. The minimum Gasteiger partial charge on any atom is -0.469 e. The lowest BCUT2D eigenvalue weighted by Crippen LogP contribution is -1.96. The zero-order chi connectivity index (χ0) is 13.2. The van der Waals surface area contributed by atoms with Crippen molar-refractivity contribution in [2.24, 2.45) is 0 Å². The van der Waals surface area contributed by atoms with Crippen molar-refractivity contribution in [1.29, 1.82) is 0 Å². The van der Waals surface area contributed by atoms with Crippen LogP contribution in [0, 0.1) is 6.92 Å². The highest BCUT2D eigenvalue weighted by atomic mass is 16.3. The molecular weight excluding hydrogens is 224 g/mol. The first kappa shape index (κ1) is 15.0. The number of carbonyl (C=O) groups is 1. The van der Waals surface area contributed by atoms with E-state index in [1.54, 1.807) is 6.26 Å². The summed E-state index contributed by atoms with van der Waals surface area (Å²) in [7, 11) is 0. The summed E-state index contributed by atoms with van der Waals surface area (Å²) in [6, 6.07) is 1.83. The molecule has 0 aliphatic rings. The smallest absolute Gasteiger partial charge is 0.166 e. The average molecular weight is 250 g/mol. The van der Waals surface area contributed by atoms with Gasteiger partial charge in [-0.05, 0) is 19.4 Å². The van der Waals surface area contributed by atoms with Crippen LogP contribution >= 0.6 is 0 Å². The minimum absolute atomic E-state index is 0.220. The van der Waals surface area contributed by atoms with Crippen molar-refractivity contribution in [3.05, 3.63) is 23.7 Å². The second-order valence-corrected chi connectivity index (χ2v) is 5.09. The van der Waals surface area contributed by atoms with Gasteiger partial charge in [-0.3, -0.25) is 4.79 Å². The van der Waals surface area contributed by atoms with Crippen LogP contribution in [0.1, 0.15) is 80.8 Å². The van der Waals surface area contributed by atoms with Gasteiger partial charge in [-0.25, -0.2) is 0 Å². The monoisotopic (exact) mass is 250 g/mol. The first-order chi connectivity index (χ1) is 8.74. The molecule has 1 heterocycles. The van der Waals surface area contributed by atoms with Gasteiger partial charge >= 0.3 is 0 Å². The Bertz CT molecular complexity index is 339. The largest absolute Gasteiger partial charge is 0.469 e. The van der Waals surface area contributed by atoms with E-state index in [0.29, 0.717) is 6.42 Å². The number of aryl methyl sites for hydroxylation is 1. The van der Waals surface area contributed by atoms with Crippen LogP contribution in [0.3, 0.4) is 0 Å². The Kier molecular flexibility index (Phi) is 7.47. The fraction of sp³-hybridized carbons (Fsp3) is 0.688. The SMILES string of the molecule is CCCCCCCCCCC(=O)c1coc(C)c1. The van der Waals surface area contributed by atoms with Gasteiger partial charge in [-0.2, -0.15) is 0 Å². The van der Waals surface area contributed by atoms with Crippen molar-refractivity contribution >= 4 is 5.78 Å². The standard InChI is InChI=1S/C16H26O2/c1-3-4-5-6-7-8-9-10-11-16(17)15-12-14(2)18-13-15/h12-13H,3-11H2,1-2H3. The molecule has 0 fully saturated rings. The molecule has 18 heavy (non-hydrogen) atoms. The van der Waals surface area contributed by atoms with Crippen molar-refractivity contribution in [2.75, 3.05) is 0 Å². The van der Waals surface area contributed by atoms with E-state index in [0.717, 1.165) is 17.7 Å². The third-order valence-corrected chi connectivity index (χ3v) is 3.31. The van der Waals surface area contributed by atoms with Crippen LogP contribution in [0.5, 0.6) is 0 Å². The fourth-order valence-corrected chi connectivity index (χ4v) is 2.15. The van der Waals surface area contributed by atoms with Gasteiger partial charge in [-0.15, -0.1) is 0 Å². The van der Waals surface area contributed by atoms with Crippen LogP contribution in [0.25, 0.3) is 0 Å². The molecule has 1 rings (SSSR count). The van der Waals surface area contributed by atoms with Crippen molar-refractivity contribution in [3.63, 3.8) is 0 Å². The summed E-state index contributed by atoms with van der Waals surface area (Å²) in [4.78, 5) is 11.8. The molecule has 0 atom stereocenters. The molecule has 2 nitrogen and oxygen atoms in total. The van der Waals surface area contributed by atoms with Gasteiger partial charge in [0.05, 0.1) is 5.56 Å². The number of unbranched alkanes of at least 4 members (excludes halogenated alkanes) is 7. The highest BCUT2D eigenvalue weighted by Gasteiger charge is 2.07. The number of Topliss-reactive ketones (excluding diaryl/α,β-unsaturated/α-hetero) is 1. The van der Waals surface area contributed by atoms with Crippen LogP contribution in [0.4, 0.5) is 0 Å². The lowest BCUT2D eigenvalue weighted by molar-refractivity contribution is 0.0978. The Balaban J connectivity index is 1.99. The first-order valence-electron chi connectivity index (χ1n) is 7.32. The second-order valence-electron chi connectivity index (χ2n) is 5.09. The van der Waals surface area contributed by atoms with E-state index in [4.69, 9.17) is 4.42 Å². The van der Waals surface area contributed by atoms with Crippen LogP contribution in [0.15, 0.2) is 16.7 Å². The van der Waals surface area contributed by atoms with Gasteiger partial charge in [0.15, 0.2) is 5.78 Å². The first-order valence-corrected chi connectivity index (χ1v) is 7.32. The summed E-state index contributed by atoms with van der Waals surface area (Å²) in [5.74, 6) is 1.03. The summed E-state index contributed by atoms with van der Waals surface area (Å²) in [5, 5.41) is 0. The average Bonchev–Trinajstić information content (AvgIpc) is 2.79. The zero-order valence-electron chi connectivity index (χ0n) is 11.8. The van der Waals surface area contributed by atoms with E-state index in [1.165, 1.54) is 44.9 Å². The molecule has 0 saturated carbocycles. The van der Waals surface area contributed by atoms with Gasteiger partial charge in [0.25, 0.3) is 0 Å². The van der Waals surface area contributed by atoms with Crippen molar-refractivity contribution in [3.8, 4) is 0 Å². The normalized spacial score (nSPS) is 10.8. The summed E-state index contributed by atoms with van der Waals surface area (Å²) in [6.07, 6.45) is 12.4. The Hall–Kier alpha value is -1.05. The number of hydrogen-bond acceptors (Lipinski definition) is 2. The molecule has 0 N–H and O–H groups in total. The minimum atomic E-state index is 0.220. The van der Waals surface area contributed by atoms with Crippen molar-refractivity contribution < 1.29 is 9.21 Å². The summed E-state index contributed by atoms with van der Waals surface area (Å²) in [5.41, 5.74) is 0.732. The van der Waals surface area contributed by atoms with Gasteiger partial charge < -0.3 is 4.42 Å². The Labute approximate surface area is 111 Å². The Morgan fingerprint density at radius 1 is 1.06 bits per heavy atom. The van der Waals surface area contributed by atoms with Crippen LogP contribution in [-0.4, -0.2) is 5.78 Å². The molecule has 1 aromatic heterocycles. The van der Waals surface area contributed by atoms with Crippen LogP contribution in [-0.2, 0) is 0 Å². The number of rotatable bonds is 10. The molecule has 0 amide bonds. The van der Waals surface area contributed by atoms with Crippen LogP contribution < -0.4 is 0 Å². The molecule has 0 spiro atoms. The number of carbonyl (C=O) groups excluding carboxylic acids is 1. The molecule has 2 heteroatoms. The predicted molar refractivity (Wildman–Crippen MR) is 75.0 cm³/mol. The van der Waals surface area contributed by atoms with E-state index in [-0.39, 0.29) is 5.78 Å². The molecular formula is C16H26O2. The predicted octanol–water partition coefficient (Wildman–Crippen LogP) is 5.30. The van der Waals surface area contributed by atoms with Gasteiger partial charge in [0.1, 0.15) is 12.0 Å². The van der Waals surface area contributed by atoms with E-state index in [2.05, 4.69) is 6.92 Å². The zero-order valence-corrected chi connectivity index (χ0v) is 11.8. The van der Waals surface area contributed by atoms with E-state index >= 15 is 0 Å². The third-order valence-electron chi connectivity index (χ3n) is 3.31. The quantitative estimate of drug-likeness (QED) is 0.416. The molecule has 0 aromatic carbocycles. The number of hydrogen-bond donors (Lipinski definition) is 0. The van der Waals surface area contributed by atoms with Gasteiger partial charge in [-0.1, -0.05) is 51.9 Å². The maximum Gasteiger partial charge on any atom is 0.166 e. The highest BCUT2D eigenvalue weighted by molar-refractivity contribution is 5.95. The van der Waals surface area contributed by atoms with Crippen molar-refractivity contribution in [2.45, 2.75) is 71.6 Å². The third kappa shape index (κ3) is 6.04. The second kappa shape index (κ2) is 8.96. The molecule has 0 unspecified atom stereocenters. The molecule has 0 aliphatic carbocycles. The summed E-state index contributed by atoms with van der Waals surface area (Å²) >= 11 is 0. The Morgan fingerprint density at radius 2 is 1.67 bits per heavy atom. The van der Waals surface area contributed by atoms with Gasteiger partial charge in [0, 0.05) is 6.42 Å².